The summed E-state index contributed by atoms with van der Waals surface area (Å²) in [6.07, 6.45) is 5.14. The minimum atomic E-state index is -0.450. The number of carbonyl (C=O) groups is 1. The average Bonchev–Trinajstić information content (AvgIpc) is 3.21. The van der Waals surface area contributed by atoms with Crippen LogP contribution in [0.25, 0.3) is 16.8 Å². The Morgan fingerprint density at radius 2 is 1.90 bits per heavy atom. The third-order valence-corrected chi connectivity index (χ3v) is 4.88. The molecule has 4 rings (SSSR count). The number of benzene rings is 3. The fourth-order valence-corrected chi connectivity index (χ4v) is 3.18. The molecule has 1 N–H and O–H groups in total. The van der Waals surface area contributed by atoms with E-state index in [2.05, 4.69) is 10.3 Å². The van der Waals surface area contributed by atoms with E-state index in [9.17, 15) is 10.1 Å². The van der Waals surface area contributed by atoms with Gasteiger partial charge in [-0.15, -0.1) is 0 Å². The van der Waals surface area contributed by atoms with Crippen LogP contribution in [0, 0.1) is 11.3 Å². The lowest BCUT2D eigenvalue weighted by molar-refractivity contribution is -0.112. The van der Waals surface area contributed by atoms with Gasteiger partial charge < -0.3 is 14.6 Å². The third kappa shape index (κ3) is 4.62. The minimum absolute atomic E-state index is 0.0228. The number of aromatic nitrogens is 2. The smallest absolute Gasteiger partial charge is 0.266 e. The Morgan fingerprint density at radius 1 is 1.13 bits per heavy atom. The summed E-state index contributed by atoms with van der Waals surface area (Å²) in [6, 6.07) is 22.6. The Balaban J connectivity index is 1.46. The number of hydrogen-bond acceptors (Lipinski definition) is 4. The van der Waals surface area contributed by atoms with Crippen molar-refractivity contribution in [1.82, 2.24) is 9.55 Å². The second-order valence-corrected chi connectivity index (χ2v) is 6.96. The van der Waals surface area contributed by atoms with Crippen LogP contribution >= 0.6 is 0 Å². The molecule has 6 nitrogen and oxygen atoms in total. The van der Waals surface area contributed by atoms with Crippen LogP contribution in [0.4, 0.5) is 5.69 Å². The number of hydrogen-bond donors (Lipinski definition) is 1. The lowest BCUT2D eigenvalue weighted by Gasteiger charge is -2.08. The van der Waals surface area contributed by atoms with Crippen molar-refractivity contribution < 1.29 is 9.53 Å². The van der Waals surface area contributed by atoms with E-state index in [1.54, 1.807) is 36.5 Å². The Hall–Kier alpha value is -4.37. The summed E-state index contributed by atoms with van der Waals surface area (Å²) >= 11 is 0. The number of nitrogens with zero attached hydrogens (tertiary/aromatic N) is 3. The lowest BCUT2D eigenvalue weighted by Crippen LogP contribution is -2.13. The fourth-order valence-electron chi connectivity index (χ4n) is 3.18. The SMILES string of the molecule is Cn1ccnc1COc1ccc(/C=C(/C#N)C(=O)Nc2cccc3ccccc23)cc1. The van der Waals surface area contributed by atoms with Gasteiger partial charge in [-0.25, -0.2) is 4.98 Å². The number of nitriles is 1. The maximum absolute atomic E-state index is 12.7. The first kappa shape index (κ1) is 19.9. The summed E-state index contributed by atoms with van der Waals surface area (Å²) in [7, 11) is 1.91. The highest BCUT2D eigenvalue weighted by molar-refractivity contribution is 6.12. The number of carbonyl (C=O) groups excluding carboxylic acids is 1. The number of nitrogens with one attached hydrogen (secondary N) is 1. The van der Waals surface area contributed by atoms with Gasteiger partial charge >= 0.3 is 0 Å². The van der Waals surface area contributed by atoms with Gasteiger partial charge in [-0.1, -0.05) is 48.5 Å². The zero-order chi connectivity index (χ0) is 21.6. The van der Waals surface area contributed by atoms with E-state index < -0.39 is 5.91 Å². The van der Waals surface area contributed by atoms with Crippen molar-refractivity contribution in [3.8, 4) is 11.8 Å². The number of ether oxygens (including phenoxy) is 1. The third-order valence-electron chi connectivity index (χ3n) is 4.88. The van der Waals surface area contributed by atoms with Crippen molar-refractivity contribution in [2.45, 2.75) is 6.61 Å². The second kappa shape index (κ2) is 8.97. The van der Waals surface area contributed by atoms with Gasteiger partial charge in [-0.05, 0) is 35.2 Å². The molecule has 0 atom stereocenters. The van der Waals surface area contributed by atoms with Gasteiger partial charge in [0.05, 0.1) is 0 Å². The van der Waals surface area contributed by atoms with E-state index in [0.717, 1.165) is 22.2 Å². The molecular weight excluding hydrogens is 388 g/mol. The molecule has 0 aliphatic heterocycles. The number of fused-ring (bicyclic) bond motifs is 1. The molecule has 1 heterocycles. The van der Waals surface area contributed by atoms with Gasteiger partial charge in [0.2, 0.25) is 0 Å². The molecule has 0 radical (unpaired) electrons. The van der Waals surface area contributed by atoms with Crippen LogP contribution in [-0.4, -0.2) is 15.5 Å². The molecular formula is C25H20N4O2. The summed E-state index contributed by atoms with van der Waals surface area (Å²) in [6.45, 7) is 0.357. The molecule has 152 valence electrons. The summed E-state index contributed by atoms with van der Waals surface area (Å²) in [5.74, 6) is 1.05. The van der Waals surface area contributed by atoms with E-state index in [4.69, 9.17) is 4.74 Å². The number of aryl methyl sites for hydroxylation is 1. The molecule has 1 aromatic heterocycles. The number of amides is 1. The van der Waals surface area contributed by atoms with E-state index in [1.165, 1.54) is 0 Å². The topological polar surface area (TPSA) is 79.9 Å². The highest BCUT2D eigenvalue weighted by atomic mass is 16.5. The van der Waals surface area contributed by atoms with E-state index in [0.29, 0.717) is 18.0 Å². The lowest BCUT2D eigenvalue weighted by atomic mass is 10.1. The maximum atomic E-state index is 12.7. The molecule has 0 saturated carbocycles. The average molecular weight is 408 g/mol. The molecule has 0 aliphatic rings. The summed E-state index contributed by atoms with van der Waals surface area (Å²) < 4.78 is 7.63. The van der Waals surface area contributed by atoms with Crippen LogP contribution in [-0.2, 0) is 18.4 Å². The Morgan fingerprint density at radius 3 is 2.65 bits per heavy atom. The van der Waals surface area contributed by atoms with Crippen molar-refractivity contribution in [2.75, 3.05) is 5.32 Å². The molecule has 1 amide bonds. The monoisotopic (exact) mass is 408 g/mol. The zero-order valence-corrected chi connectivity index (χ0v) is 16.9. The van der Waals surface area contributed by atoms with Gasteiger partial charge in [-0.3, -0.25) is 4.79 Å². The first-order valence-electron chi connectivity index (χ1n) is 9.74. The van der Waals surface area contributed by atoms with Crippen LogP contribution in [0.5, 0.6) is 5.75 Å². The first-order valence-corrected chi connectivity index (χ1v) is 9.74. The summed E-state index contributed by atoms with van der Waals surface area (Å²) in [4.78, 5) is 16.9. The van der Waals surface area contributed by atoms with Crippen molar-refractivity contribution >= 4 is 28.4 Å². The minimum Gasteiger partial charge on any atom is -0.486 e. The van der Waals surface area contributed by atoms with Crippen molar-refractivity contribution in [2.24, 2.45) is 7.05 Å². The zero-order valence-electron chi connectivity index (χ0n) is 16.9. The molecule has 3 aromatic carbocycles. The summed E-state index contributed by atoms with van der Waals surface area (Å²) in [5.41, 5.74) is 1.42. The van der Waals surface area contributed by atoms with E-state index in [-0.39, 0.29) is 5.57 Å². The normalized spacial score (nSPS) is 11.2. The second-order valence-electron chi connectivity index (χ2n) is 6.96. The predicted octanol–water partition coefficient (Wildman–Crippen LogP) is 4.70. The molecule has 0 saturated heterocycles. The highest BCUT2D eigenvalue weighted by Crippen LogP contribution is 2.24. The number of rotatable bonds is 6. The Kier molecular flexibility index (Phi) is 5.77. The largest absolute Gasteiger partial charge is 0.486 e. The molecule has 0 unspecified atom stereocenters. The van der Waals surface area contributed by atoms with Crippen LogP contribution in [0.15, 0.2) is 84.7 Å². The fraction of sp³-hybridized carbons (Fsp3) is 0.0800. The van der Waals surface area contributed by atoms with Gasteiger partial charge in [0.1, 0.15) is 29.8 Å². The molecule has 4 aromatic rings. The number of imidazole rings is 1. The maximum Gasteiger partial charge on any atom is 0.266 e. The van der Waals surface area contributed by atoms with Gasteiger partial charge in [0.25, 0.3) is 5.91 Å². The molecule has 0 bridgehead atoms. The van der Waals surface area contributed by atoms with Crippen molar-refractivity contribution in [1.29, 1.82) is 5.26 Å². The van der Waals surface area contributed by atoms with Gasteiger partial charge in [-0.2, -0.15) is 5.26 Å². The standard InChI is InChI=1S/C25H20N4O2/c1-29-14-13-27-24(29)17-31-21-11-9-18(10-12-21)15-20(16-26)25(30)28-23-8-4-6-19-5-2-3-7-22(19)23/h2-15H,17H2,1H3,(H,28,30)/b20-15-. The predicted molar refractivity (Wildman–Crippen MR) is 120 cm³/mol. The quantitative estimate of drug-likeness (QED) is 0.370. The van der Waals surface area contributed by atoms with Gasteiger partial charge in [0, 0.05) is 30.5 Å². The van der Waals surface area contributed by atoms with Crippen LogP contribution in [0.2, 0.25) is 0 Å². The molecule has 0 spiro atoms. The summed E-state index contributed by atoms with van der Waals surface area (Å²) in [5, 5.41) is 14.3. The van der Waals surface area contributed by atoms with E-state index >= 15 is 0 Å². The Bertz CT molecular complexity index is 1290. The van der Waals surface area contributed by atoms with Crippen LogP contribution in [0.3, 0.4) is 0 Å². The van der Waals surface area contributed by atoms with Crippen molar-refractivity contribution in [3.05, 3.63) is 96.1 Å². The molecule has 0 fully saturated rings. The number of anilines is 1. The Labute approximate surface area is 180 Å². The molecule has 0 aliphatic carbocycles. The van der Waals surface area contributed by atoms with Crippen molar-refractivity contribution in [3.63, 3.8) is 0 Å². The molecule has 31 heavy (non-hydrogen) atoms. The highest BCUT2D eigenvalue weighted by Gasteiger charge is 2.11. The van der Waals surface area contributed by atoms with E-state index in [1.807, 2.05) is 66.3 Å². The van der Waals surface area contributed by atoms with Gasteiger partial charge in [0.15, 0.2) is 0 Å². The van der Waals surface area contributed by atoms with Crippen LogP contribution in [0.1, 0.15) is 11.4 Å². The van der Waals surface area contributed by atoms with Crippen LogP contribution < -0.4 is 10.1 Å². The first-order chi connectivity index (χ1) is 15.1. The molecule has 6 heteroatoms.